The Labute approximate surface area is 176 Å². The molecule has 8 heteroatoms. The van der Waals surface area contributed by atoms with Crippen molar-refractivity contribution in [3.05, 3.63) is 36.3 Å². The molecule has 0 N–H and O–H groups in total. The van der Waals surface area contributed by atoms with Crippen molar-refractivity contribution < 1.29 is 9.47 Å². The van der Waals surface area contributed by atoms with Gasteiger partial charge in [-0.1, -0.05) is 6.07 Å². The van der Waals surface area contributed by atoms with Crippen LogP contribution < -0.4 is 4.90 Å². The van der Waals surface area contributed by atoms with Gasteiger partial charge < -0.3 is 18.9 Å². The minimum atomic E-state index is 0.723. The number of hydrogen-bond acceptors (Lipinski definition) is 7. The number of anilines is 1. The van der Waals surface area contributed by atoms with E-state index >= 15 is 0 Å². The lowest BCUT2D eigenvalue weighted by atomic mass is 10.1. The first-order valence-electron chi connectivity index (χ1n) is 10.7. The van der Waals surface area contributed by atoms with Crippen LogP contribution in [-0.2, 0) is 16.0 Å². The third-order valence-electron chi connectivity index (χ3n) is 5.92. The molecule has 0 radical (unpaired) electrons. The van der Waals surface area contributed by atoms with E-state index in [2.05, 4.69) is 44.5 Å². The summed E-state index contributed by atoms with van der Waals surface area (Å²) >= 11 is 0. The number of hydrogen-bond donors (Lipinski definition) is 0. The summed E-state index contributed by atoms with van der Waals surface area (Å²) in [6.45, 7) is 10.8. The molecule has 0 atom stereocenters. The Bertz CT molecular complexity index is 1010. The van der Waals surface area contributed by atoms with E-state index in [9.17, 15) is 0 Å². The number of rotatable bonds is 5. The van der Waals surface area contributed by atoms with Gasteiger partial charge in [0, 0.05) is 51.0 Å². The highest BCUT2D eigenvalue weighted by Crippen LogP contribution is 2.25. The molecule has 1 aromatic carbocycles. The first-order chi connectivity index (χ1) is 14.8. The normalized spacial score (nSPS) is 18.2. The summed E-state index contributed by atoms with van der Waals surface area (Å²) in [5.74, 6) is 1.82. The van der Waals surface area contributed by atoms with Crippen molar-refractivity contribution in [2.75, 3.05) is 64.1 Å². The fraction of sp³-hybridized carbons (Fsp3) is 0.500. The number of imidazole rings is 1. The standard InChI is InChI=1S/C22H28N6O2/c1-17-24-20-16-18(19-4-5-23-22(25-19)27-10-14-30-15-11-27)2-3-21(20)28(17)7-6-26-8-12-29-13-9-26/h2-5,16H,6-15H2,1H3. The lowest BCUT2D eigenvalue weighted by molar-refractivity contribution is 0.0364. The molecule has 158 valence electrons. The molecule has 0 saturated carbocycles. The number of benzene rings is 1. The fourth-order valence-electron chi connectivity index (χ4n) is 4.18. The van der Waals surface area contributed by atoms with Gasteiger partial charge in [0.2, 0.25) is 5.95 Å². The van der Waals surface area contributed by atoms with E-state index < -0.39 is 0 Å². The first-order valence-corrected chi connectivity index (χ1v) is 10.7. The van der Waals surface area contributed by atoms with Gasteiger partial charge in [0.05, 0.1) is 43.2 Å². The van der Waals surface area contributed by atoms with E-state index in [1.54, 1.807) is 0 Å². The van der Waals surface area contributed by atoms with Gasteiger partial charge >= 0.3 is 0 Å². The molecular formula is C22H28N6O2. The lowest BCUT2D eigenvalue weighted by Gasteiger charge is -2.27. The monoisotopic (exact) mass is 408 g/mol. The molecule has 4 heterocycles. The minimum absolute atomic E-state index is 0.723. The van der Waals surface area contributed by atoms with Crippen molar-refractivity contribution in [1.29, 1.82) is 0 Å². The SMILES string of the molecule is Cc1nc2cc(-c3ccnc(N4CCOCC4)n3)ccc2n1CCN1CCOCC1. The molecular weight excluding hydrogens is 380 g/mol. The molecule has 8 nitrogen and oxygen atoms in total. The smallest absolute Gasteiger partial charge is 0.226 e. The second-order valence-electron chi connectivity index (χ2n) is 7.81. The lowest BCUT2D eigenvalue weighted by Crippen LogP contribution is -2.38. The van der Waals surface area contributed by atoms with E-state index in [0.717, 1.165) is 94.2 Å². The number of aryl methyl sites for hydroxylation is 1. The summed E-state index contributed by atoms with van der Waals surface area (Å²) in [7, 11) is 0. The topological polar surface area (TPSA) is 68.5 Å². The summed E-state index contributed by atoms with van der Waals surface area (Å²) in [5.41, 5.74) is 4.18. The van der Waals surface area contributed by atoms with Crippen molar-refractivity contribution in [3.63, 3.8) is 0 Å². The van der Waals surface area contributed by atoms with Crippen LogP contribution in [0.3, 0.4) is 0 Å². The molecule has 3 aromatic rings. The predicted molar refractivity (Wildman–Crippen MR) is 116 cm³/mol. The first kappa shape index (κ1) is 19.4. The van der Waals surface area contributed by atoms with E-state index in [1.165, 1.54) is 5.52 Å². The molecule has 30 heavy (non-hydrogen) atoms. The fourth-order valence-corrected chi connectivity index (χ4v) is 4.18. The van der Waals surface area contributed by atoms with Crippen LogP contribution >= 0.6 is 0 Å². The van der Waals surface area contributed by atoms with Crippen LogP contribution in [0.1, 0.15) is 5.82 Å². The summed E-state index contributed by atoms with van der Waals surface area (Å²) in [6.07, 6.45) is 1.84. The van der Waals surface area contributed by atoms with E-state index in [4.69, 9.17) is 19.4 Å². The zero-order valence-electron chi connectivity index (χ0n) is 17.5. The Morgan fingerprint density at radius 2 is 1.67 bits per heavy atom. The molecule has 0 spiro atoms. The van der Waals surface area contributed by atoms with Crippen molar-refractivity contribution in [2.45, 2.75) is 13.5 Å². The van der Waals surface area contributed by atoms with Crippen LogP contribution in [-0.4, -0.2) is 83.6 Å². The second kappa shape index (κ2) is 8.67. The second-order valence-corrected chi connectivity index (χ2v) is 7.81. The minimum Gasteiger partial charge on any atom is -0.379 e. The Balaban J connectivity index is 1.37. The van der Waals surface area contributed by atoms with E-state index in [0.29, 0.717) is 0 Å². The molecule has 2 aromatic heterocycles. The highest BCUT2D eigenvalue weighted by molar-refractivity contribution is 5.82. The third-order valence-corrected chi connectivity index (χ3v) is 5.92. The Morgan fingerprint density at radius 3 is 2.47 bits per heavy atom. The molecule has 0 amide bonds. The van der Waals surface area contributed by atoms with Gasteiger partial charge in [0.15, 0.2) is 0 Å². The van der Waals surface area contributed by atoms with Gasteiger partial charge in [-0.25, -0.2) is 15.0 Å². The Hall–Kier alpha value is -2.55. The number of fused-ring (bicyclic) bond motifs is 1. The van der Waals surface area contributed by atoms with Crippen LogP contribution in [0, 0.1) is 6.92 Å². The highest BCUT2D eigenvalue weighted by Gasteiger charge is 2.16. The van der Waals surface area contributed by atoms with Gasteiger partial charge in [0.25, 0.3) is 0 Å². The predicted octanol–water partition coefficient (Wildman–Crippen LogP) is 1.97. The number of morpholine rings is 2. The summed E-state index contributed by atoms with van der Waals surface area (Å²) < 4.78 is 13.2. The van der Waals surface area contributed by atoms with E-state index in [-0.39, 0.29) is 0 Å². The summed E-state index contributed by atoms with van der Waals surface area (Å²) in [6, 6.07) is 8.41. The van der Waals surface area contributed by atoms with Gasteiger partial charge in [-0.2, -0.15) is 0 Å². The maximum atomic E-state index is 5.45. The van der Waals surface area contributed by atoms with E-state index in [1.807, 2.05) is 12.3 Å². The third kappa shape index (κ3) is 4.03. The van der Waals surface area contributed by atoms with Crippen LogP contribution in [0.4, 0.5) is 5.95 Å². The quantitative estimate of drug-likeness (QED) is 0.639. The molecule has 0 unspecified atom stereocenters. The Morgan fingerprint density at radius 1 is 0.900 bits per heavy atom. The average molecular weight is 409 g/mol. The maximum Gasteiger partial charge on any atom is 0.226 e. The van der Waals surface area contributed by atoms with Crippen molar-refractivity contribution in [1.82, 2.24) is 24.4 Å². The molecule has 0 bridgehead atoms. The zero-order chi connectivity index (χ0) is 20.3. The van der Waals surface area contributed by atoms with Crippen LogP contribution in [0.25, 0.3) is 22.3 Å². The number of nitrogens with zero attached hydrogens (tertiary/aromatic N) is 6. The number of aromatic nitrogens is 4. The van der Waals surface area contributed by atoms with Crippen molar-refractivity contribution in [2.24, 2.45) is 0 Å². The zero-order valence-corrected chi connectivity index (χ0v) is 17.5. The molecule has 5 rings (SSSR count). The Kier molecular flexibility index (Phi) is 5.61. The van der Waals surface area contributed by atoms with Gasteiger partial charge in [-0.15, -0.1) is 0 Å². The maximum absolute atomic E-state index is 5.45. The van der Waals surface area contributed by atoms with Crippen molar-refractivity contribution >= 4 is 17.0 Å². The van der Waals surface area contributed by atoms with Gasteiger partial charge in [-0.05, 0) is 25.1 Å². The average Bonchev–Trinajstić information content (AvgIpc) is 3.13. The number of ether oxygens (including phenoxy) is 2. The van der Waals surface area contributed by atoms with Crippen LogP contribution in [0.2, 0.25) is 0 Å². The van der Waals surface area contributed by atoms with Crippen molar-refractivity contribution in [3.8, 4) is 11.3 Å². The van der Waals surface area contributed by atoms with Crippen LogP contribution in [0.5, 0.6) is 0 Å². The summed E-state index contributed by atoms with van der Waals surface area (Å²) in [5, 5.41) is 0. The van der Waals surface area contributed by atoms with Crippen LogP contribution in [0.15, 0.2) is 30.5 Å². The molecule has 0 aliphatic carbocycles. The molecule has 2 fully saturated rings. The summed E-state index contributed by atoms with van der Waals surface area (Å²) in [4.78, 5) is 18.7. The molecule has 2 aliphatic heterocycles. The van der Waals surface area contributed by atoms with Gasteiger partial charge in [-0.3, -0.25) is 4.90 Å². The largest absolute Gasteiger partial charge is 0.379 e. The van der Waals surface area contributed by atoms with Gasteiger partial charge in [0.1, 0.15) is 5.82 Å². The highest BCUT2D eigenvalue weighted by atomic mass is 16.5. The molecule has 2 aliphatic rings. The molecule has 2 saturated heterocycles.